The van der Waals surface area contributed by atoms with E-state index in [1.54, 1.807) is 42.5 Å². The van der Waals surface area contributed by atoms with Crippen LogP contribution in [0.1, 0.15) is 24.9 Å². The molecule has 0 aliphatic carbocycles. The van der Waals surface area contributed by atoms with Gasteiger partial charge in [-0.05, 0) is 24.6 Å². The first-order chi connectivity index (χ1) is 11.1. The Kier molecular flexibility index (Phi) is 5.91. The van der Waals surface area contributed by atoms with E-state index in [2.05, 4.69) is 15.4 Å². The lowest BCUT2D eigenvalue weighted by Crippen LogP contribution is -2.32. The van der Waals surface area contributed by atoms with Crippen molar-refractivity contribution in [2.24, 2.45) is 0 Å². The Morgan fingerprint density at radius 1 is 1.09 bits per heavy atom. The summed E-state index contributed by atoms with van der Waals surface area (Å²) in [4.78, 5) is 12.1. The molecule has 0 fully saturated rings. The van der Waals surface area contributed by atoms with Gasteiger partial charge in [-0.2, -0.15) is 8.78 Å². The minimum absolute atomic E-state index is 0.0642. The van der Waals surface area contributed by atoms with Gasteiger partial charge in [0.15, 0.2) is 0 Å². The summed E-state index contributed by atoms with van der Waals surface area (Å²) in [7, 11) is 0. The van der Waals surface area contributed by atoms with Crippen LogP contribution in [0.25, 0.3) is 0 Å². The van der Waals surface area contributed by atoms with Gasteiger partial charge < -0.3 is 15.4 Å². The molecule has 122 valence electrons. The van der Waals surface area contributed by atoms with Gasteiger partial charge in [0.25, 0.3) is 0 Å². The summed E-state index contributed by atoms with van der Waals surface area (Å²) < 4.78 is 29.5. The van der Waals surface area contributed by atoms with E-state index >= 15 is 0 Å². The number of alkyl halides is 2. The van der Waals surface area contributed by atoms with Crippen LogP contribution in [0.2, 0.25) is 0 Å². The standard InChI is InChI=1S/C17H18F2N2O2/c1-2-14(13-10-6-7-11-15(13)23-16(18)19)21-17(22)20-12-8-4-3-5-9-12/h3-11,14,16H,2H2,1H3,(H2,20,21,22). The lowest BCUT2D eigenvalue weighted by Gasteiger charge is -2.20. The van der Waals surface area contributed by atoms with Crippen molar-refractivity contribution in [3.8, 4) is 5.75 Å². The molecule has 2 aromatic carbocycles. The van der Waals surface area contributed by atoms with Crippen molar-refractivity contribution in [2.75, 3.05) is 5.32 Å². The molecule has 2 N–H and O–H groups in total. The number of amides is 2. The molecular formula is C17H18F2N2O2. The summed E-state index contributed by atoms with van der Waals surface area (Å²) >= 11 is 0. The van der Waals surface area contributed by atoms with Gasteiger partial charge in [-0.15, -0.1) is 0 Å². The number of benzene rings is 2. The molecule has 0 radical (unpaired) electrons. The van der Waals surface area contributed by atoms with Gasteiger partial charge in [0, 0.05) is 11.3 Å². The first-order valence-corrected chi connectivity index (χ1v) is 7.26. The van der Waals surface area contributed by atoms with E-state index in [1.165, 1.54) is 6.07 Å². The summed E-state index contributed by atoms with van der Waals surface area (Å²) in [5.41, 5.74) is 1.16. The molecule has 0 heterocycles. The number of carbonyl (C=O) groups excluding carboxylic acids is 1. The van der Waals surface area contributed by atoms with Gasteiger partial charge in [0.2, 0.25) is 0 Å². The summed E-state index contributed by atoms with van der Waals surface area (Å²) in [5, 5.41) is 5.47. The Balaban J connectivity index is 2.09. The highest BCUT2D eigenvalue weighted by molar-refractivity contribution is 5.89. The van der Waals surface area contributed by atoms with Crippen LogP contribution in [-0.2, 0) is 0 Å². The Hall–Kier alpha value is -2.63. The summed E-state index contributed by atoms with van der Waals surface area (Å²) in [6.07, 6.45) is 0.534. The molecule has 23 heavy (non-hydrogen) atoms. The lowest BCUT2D eigenvalue weighted by atomic mass is 10.0. The molecule has 0 saturated heterocycles. The van der Waals surface area contributed by atoms with E-state index in [0.29, 0.717) is 17.7 Å². The number of anilines is 1. The second-order valence-corrected chi connectivity index (χ2v) is 4.84. The summed E-state index contributed by atoms with van der Waals surface area (Å²) in [5.74, 6) is 0.0642. The van der Waals surface area contributed by atoms with Crippen molar-refractivity contribution in [3.05, 3.63) is 60.2 Å². The van der Waals surface area contributed by atoms with Crippen molar-refractivity contribution in [3.63, 3.8) is 0 Å². The molecule has 0 saturated carbocycles. The summed E-state index contributed by atoms with van der Waals surface area (Å²) in [6.45, 7) is -1.06. The zero-order chi connectivity index (χ0) is 16.7. The first-order valence-electron chi connectivity index (χ1n) is 7.26. The molecule has 2 amide bonds. The Morgan fingerprint density at radius 2 is 1.74 bits per heavy atom. The second kappa shape index (κ2) is 8.12. The molecule has 0 aliphatic heterocycles. The topological polar surface area (TPSA) is 50.4 Å². The predicted octanol–water partition coefficient (Wildman–Crippen LogP) is 4.56. The van der Waals surface area contributed by atoms with Gasteiger partial charge >= 0.3 is 12.6 Å². The minimum atomic E-state index is -2.91. The van der Waals surface area contributed by atoms with E-state index in [0.717, 1.165) is 0 Å². The Morgan fingerprint density at radius 3 is 2.39 bits per heavy atom. The van der Waals surface area contributed by atoms with E-state index in [4.69, 9.17) is 0 Å². The molecule has 0 aromatic heterocycles. The zero-order valence-corrected chi connectivity index (χ0v) is 12.6. The van der Waals surface area contributed by atoms with Crippen LogP contribution in [-0.4, -0.2) is 12.6 Å². The quantitative estimate of drug-likeness (QED) is 0.819. The minimum Gasteiger partial charge on any atom is -0.434 e. The maximum atomic E-state index is 12.5. The van der Waals surface area contributed by atoms with E-state index < -0.39 is 18.7 Å². The molecule has 0 aliphatic rings. The van der Waals surface area contributed by atoms with Crippen molar-refractivity contribution < 1.29 is 18.3 Å². The van der Waals surface area contributed by atoms with Gasteiger partial charge in [-0.1, -0.05) is 43.3 Å². The maximum absolute atomic E-state index is 12.5. The number of carbonyl (C=O) groups is 1. The highest BCUT2D eigenvalue weighted by Crippen LogP contribution is 2.28. The van der Waals surface area contributed by atoms with E-state index in [-0.39, 0.29) is 5.75 Å². The average Bonchev–Trinajstić information content (AvgIpc) is 2.54. The van der Waals surface area contributed by atoms with Gasteiger partial charge in [-0.25, -0.2) is 4.79 Å². The van der Waals surface area contributed by atoms with E-state index in [1.807, 2.05) is 13.0 Å². The van der Waals surface area contributed by atoms with E-state index in [9.17, 15) is 13.6 Å². The van der Waals surface area contributed by atoms with Crippen molar-refractivity contribution in [2.45, 2.75) is 26.0 Å². The van der Waals surface area contributed by atoms with Crippen LogP contribution < -0.4 is 15.4 Å². The fraction of sp³-hybridized carbons (Fsp3) is 0.235. The third kappa shape index (κ3) is 4.95. The molecule has 0 bridgehead atoms. The van der Waals surface area contributed by atoms with Crippen molar-refractivity contribution in [1.82, 2.24) is 5.32 Å². The zero-order valence-electron chi connectivity index (χ0n) is 12.6. The second-order valence-electron chi connectivity index (χ2n) is 4.84. The van der Waals surface area contributed by atoms with Crippen LogP contribution in [0.3, 0.4) is 0 Å². The maximum Gasteiger partial charge on any atom is 0.387 e. The van der Waals surface area contributed by atoms with Gasteiger partial charge in [0.1, 0.15) is 5.75 Å². The third-order valence-electron chi connectivity index (χ3n) is 3.26. The smallest absolute Gasteiger partial charge is 0.387 e. The number of rotatable bonds is 6. The molecule has 2 rings (SSSR count). The monoisotopic (exact) mass is 320 g/mol. The molecule has 6 heteroatoms. The number of halogens is 2. The Labute approximate surface area is 133 Å². The van der Waals surface area contributed by atoms with Gasteiger partial charge in [-0.3, -0.25) is 0 Å². The summed E-state index contributed by atoms with van der Waals surface area (Å²) in [6, 6.07) is 14.6. The fourth-order valence-corrected chi connectivity index (χ4v) is 2.22. The van der Waals surface area contributed by atoms with Crippen LogP contribution >= 0.6 is 0 Å². The number of ether oxygens (including phenoxy) is 1. The van der Waals surface area contributed by atoms with Crippen molar-refractivity contribution >= 4 is 11.7 Å². The third-order valence-corrected chi connectivity index (χ3v) is 3.26. The normalized spacial score (nSPS) is 11.8. The fourth-order valence-electron chi connectivity index (χ4n) is 2.22. The molecule has 0 spiro atoms. The van der Waals surface area contributed by atoms with Crippen molar-refractivity contribution in [1.29, 1.82) is 0 Å². The highest BCUT2D eigenvalue weighted by atomic mass is 19.3. The predicted molar refractivity (Wildman–Crippen MR) is 84.7 cm³/mol. The van der Waals surface area contributed by atoms with Crippen LogP contribution in [0.15, 0.2) is 54.6 Å². The van der Waals surface area contributed by atoms with Crippen LogP contribution in [0.4, 0.5) is 19.3 Å². The molecular weight excluding hydrogens is 302 g/mol. The largest absolute Gasteiger partial charge is 0.434 e. The van der Waals surface area contributed by atoms with Crippen LogP contribution in [0.5, 0.6) is 5.75 Å². The lowest BCUT2D eigenvalue weighted by molar-refractivity contribution is -0.0506. The van der Waals surface area contributed by atoms with Crippen LogP contribution in [0, 0.1) is 0 Å². The highest BCUT2D eigenvalue weighted by Gasteiger charge is 2.18. The molecule has 2 aromatic rings. The Bertz CT molecular complexity index is 636. The number of hydrogen-bond acceptors (Lipinski definition) is 2. The van der Waals surface area contributed by atoms with Gasteiger partial charge in [0.05, 0.1) is 6.04 Å². The number of nitrogens with one attached hydrogen (secondary N) is 2. The SMILES string of the molecule is CCC(NC(=O)Nc1ccccc1)c1ccccc1OC(F)F. The number of para-hydroxylation sites is 2. The molecule has 4 nitrogen and oxygen atoms in total. The number of hydrogen-bond donors (Lipinski definition) is 2. The first kappa shape index (κ1) is 16.7. The average molecular weight is 320 g/mol. The molecule has 1 atom stereocenters. The number of urea groups is 1. The molecule has 1 unspecified atom stereocenters.